The number of amides is 1. The van der Waals surface area contributed by atoms with E-state index in [0.717, 1.165) is 28.1 Å². The summed E-state index contributed by atoms with van der Waals surface area (Å²) in [6.07, 6.45) is 0. The number of aromatic nitrogens is 1. The zero-order valence-corrected chi connectivity index (χ0v) is 17.2. The number of benzene rings is 2. The number of rotatable bonds is 5. The molecular formula is C22H24N2O2S. The molecule has 1 amide bonds. The van der Waals surface area contributed by atoms with Crippen LogP contribution in [0.1, 0.15) is 27.8 Å². The minimum absolute atomic E-state index is 0.0398. The molecule has 0 atom stereocenters. The van der Waals surface area contributed by atoms with Gasteiger partial charge in [0, 0.05) is 10.9 Å². The highest BCUT2D eigenvalue weighted by molar-refractivity contribution is 7.14. The largest absolute Gasteiger partial charge is 0.483 e. The standard InChI is InChI=1S/C22H24N2O2S/c1-13-6-7-14(2)20(8-13)26-11-21(25)24-22-23-19(12-27-22)18-10-16(4)15(3)9-17(18)5/h6-10,12H,11H2,1-5H3,(H,23,24,25). The van der Waals surface area contributed by atoms with Crippen LogP contribution in [0.2, 0.25) is 0 Å². The summed E-state index contributed by atoms with van der Waals surface area (Å²) < 4.78 is 5.66. The molecule has 1 aromatic heterocycles. The molecule has 0 saturated carbocycles. The maximum Gasteiger partial charge on any atom is 0.264 e. The molecule has 5 heteroatoms. The summed E-state index contributed by atoms with van der Waals surface area (Å²) in [5, 5.41) is 5.38. The molecule has 1 heterocycles. The number of anilines is 1. The third-order valence-corrected chi connectivity index (χ3v) is 5.33. The van der Waals surface area contributed by atoms with Crippen molar-refractivity contribution in [1.29, 1.82) is 0 Å². The van der Waals surface area contributed by atoms with Crippen molar-refractivity contribution in [3.05, 3.63) is 63.5 Å². The van der Waals surface area contributed by atoms with Gasteiger partial charge in [-0.25, -0.2) is 4.98 Å². The van der Waals surface area contributed by atoms with Crippen molar-refractivity contribution in [3.63, 3.8) is 0 Å². The summed E-state index contributed by atoms with van der Waals surface area (Å²) in [5.41, 5.74) is 7.77. The Hall–Kier alpha value is -2.66. The van der Waals surface area contributed by atoms with E-state index >= 15 is 0 Å². The zero-order chi connectivity index (χ0) is 19.6. The molecule has 0 aliphatic rings. The monoisotopic (exact) mass is 380 g/mol. The molecule has 0 fully saturated rings. The fourth-order valence-electron chi connectivity index (χ4n) is 2.85. The van der Waals surface area contributed by atoms with Crippen LogP contribution in [0, 0.1) is 34.6 Å². The first-order chi connectivity index (χ1) is 12.8. The molecular weight excluding hydrogens is 356 g/mol. The van der Waals surface area contributed by atoms with Gasteiger partial charge in [0.2, 0.25) is 0 Å². The number of ether oxygens (including phenoxy) is 1. The molecule has 0 unspecified atom stereocenters. The Bertz CT molecular complexity index is 992. The predicted octanol–water partition coefficient (Wildman–Crippen LogP) is 5.37. The summed E-state index contributed by atoms with van der Waals surface area (Å²) in [5.74, 6) is 0.518. The third-order valence-electron chi connectivity index (χ3n) is 4.57. The van der Waals surface area contributed by atoms with Crippen LogP contribution in [-0.4, -0.2) is 17.5 Å². The van der Waals surface area contributed by atoms with Crippen LogP contribution in [0.4, 0.5) is 5.13 Å². The van der Waals surface area contributed by atoms with Crippen LogP contribution >= 0.6 is 11.3 Å². The highest BCUT2D eigenvalue weighted by Gasteiger charge is 2.12. The van der Waals surface area contributed by atoms with E-state index in [2.05, 4.69) is 43.2 Å². The Labute approximate surface area is 164 Å². The molecule has 0 radical (unpaired) electrons. The minimum atomic E-state index is -0.214. The average Bonchev–Trinajstić information content (AvgIpc) is 3.07. The van der Waals surface area contributed by atoms with E-state index in [-0.39, 0.29) is 12.5 Å². The van der Waals surface area contributed by atoms with E-state index in [4.69, 9.17) is 4.74 Å². The first-order valence-corrected chi connectivity index (χ1v) is 9.75. The van der Waals surface area contributed by atoms with Crippen molar-refractivity contribution < 1.29 is 9.53 Å². The van der Waals surface area contributed by atoms with Crippen LogP contribution in [0.3, 0.4) is 0 Å². The second-order valence-corrected chi connectivity index (χ2v) is 7.75. The van der Waals surface area contributed by atoms with Crippen LogP contribution in [0.25, 0.3) is 11.3 Å². The Morgan fingerprint density at radius 2 is 1.74 bits per heavy atom. The topological polar surface area (TPSA) is 51.2 Å². The normalized spacial score (nSPS) is 10.7. The number of hydrogen-bond donors (Lipinski definition) is 1. The zero-order valence-electron chi connectivity index (χ0n) is 16.3. The molecule has 4 nitrogen and oxygen atoms in total. The molecule has 0 aliphatic heterocycles. The molecule has 27 heavy (non-hydrogen) atoms. The third kappa shape index (κ3) is 4.55. The van der Waals surface area contributed by atoms with Gasteiger partial charge < -0.3 is 4.74 Å². The van der Waals surface area contributed by atoms with Crippen LogP contribution in [0.15, 0.2) is 35.7 Å². The van der Waals surface area contributed by atoms with Crippen molar-refractivity contribution in [2.45, 2.75) is 34.6 Å². The second-order valence-electron chi connectivity index (χ2n) is 6.90. The molecule has 140 valence electrons. The lowest BCUT2D eigenvalue weighted by Gasteiger charge is -2.09. The number of carbonyl (C=O) groups is 1. The van der Waals surface area contributed by atoms with Gasteiger partial charge in [-0.1, -0.05) is 18.2 Å². The first kappa shape index (κ1) is 19.1. The van der Waals surface area contributed by atoms with E-state index in [1.165, 1.54) is 28.0 Å². The molecule has 0 saturated heterocycles. The maximum absolute atomic E-state index is 12.2. The van der Waals surface area contributed by atoms with Gasteiger partial charge in [-0.3, -0.25) is 10.1 Å². The Balaban J connectivity index is 1.66. The van der Waals surface area contributed by atoms with E-state index in [1.54, 1.807) is 0 Å². The Kier molecular flexibility index (Phi) is 5.61. The molecule has 2 aromatic carbocycles. The van der Waals surface area contributed by atoms with Gasteiger partial charge in [0.25, 0.3) is 5.91 Å². The van der Waals surface area contributed by atoms with Crippen molar-refractivity contribution in [2.75, 3.05) is 11.9 Å². The SMILES string of the molecule is Cc1ccc(C)c(OCC(=O)Nc2nc(-c3cc(C)c(C)cc3C)cs2)c1. The number of carbonyl (C=O) groups excluding carboxylic acids is 1. The summed E-state index contributed by atoms with van der Waals surface area (Å²) >= 11 is 1.42. The van der Waals surface area contributed by atoms with E-state index < -0.39 is 0 Å². The van der Waals surface area contributed by atoms with Crippen molar-refractivity contribution in [2.24, 2.45) is 0 Å². The smallest absolute Gasteiger partial charge is 0.264 e. The fraction of sp³-hybridized carbons (Fsp3) is 0.273. The lowest BCUT2D eigenvalue weighted by Crippen LogP contribution is -2.20. The van der Waals surface area contributed by atoms with Crippen molar-refractivity contribution in [1.82, 2.24) is 4.98 Å². The number of hydrogen-bond acceptors (Lipinski definition) is 4. The number of nitrogens with one attached hydrogen (secondary N) is 1. The van der Waals surface area contributed by atoms with Gasteiger partial charge >= 0.3 is 0 Å². The lowest BCUT2D eigenvalue weighted by molar-refractivity contribution is -0.118. The van der Waals surface area contributed by atoms with Gasteiger partial charge in [0.15, 0.2) is 11.7 Å². The van der Waals surface area contributed by atoms with Crippen LogP contribution < -0.4 is 10.1 Å². The lowest BCUT2D eigenvalue weighted by atomic mass is 9.99. The molecule has 3 rings (SSSR count). The van der Waals surface area contributed by atoms with Crippen molar-refractivity contribution >= 4 is 22.4 Å². The number of aryl methyl sites for hydroxylation is 5. The van der Waals surface area contributed by atoms with Crippen LogP contribution in [-0.2, 0) is 4.79 Å². The summed E-state index contributed by atoms with van der Waals surface area (Å²) in [4.78, 5) is 16.8. The maximum atomic E-state index is 12.2. The van der Waals surface area contributed by atoms with Gasteiger partial charge in [-0.2, -0.15) is 0 Å². The van der Waals surface area contributed by atoms with Gasteiger partial charge in [-0.15, -0.1) is 11.3 Å². The highest BCUT2D eigenvalue weighted by atomic mass is 32.1. The van der Waals surface area contributed by atoms with E-state index in [0.29, 0.717) is 5.13 Å². The molecule has 0 spiro atoms. The number of nitrogens with zero attached hydrogens (tertiary/aromatic N) is 1. The van der Waals surface area contributed by atoms with Crippen molar-refractivity contribution in [3.8, 4) is 17.0 Å². The average molecular weight is 381 g/mol. The van der Waals surface area contributed by atoms with Crippen LogP contribution in [0.5, 0.6) is 5.75 Å². The van der Waals surface area contributed by atoms with E-state index in [1.807, 2.05) is 37.4 Å². The summed E-state index contributed by atoms with van der Waals surface area (Å²) in [6, 6.07) is 10.3. The molecule has 3 aromatic rings. The highest BCUT2D eigenvalue weighted by Crippen LogP contribution is 2.29. The minimum Gasteiger partial charge on any atom is -0.483 e. The van der Waals surface area contributed by atoms with Gasteiger partial charge in [-0.05, 0) is 74.6 Å². The quantitative estimate of drug-likeness (QED) is 0.647. The Morgan fingerprint density at radius 3 is 2.52 bits per heavy atom. The fourth-order valence-corrected chi connectivity index (χ4v) is 3.58. The Morgan fingerprint density at radius 1 is 1.00 bits per heavy atom. The van der Waals surface area contributed by atoms with Gasteiger partial charge in [0.1, 0.15) is 5.75 Å². The van der Waals surface area contributed by atoms with E-state index in [9.17, 15) is 4.79 Å². The predicted molar refractivity (Wildman–Crippen MR) is 112 cm³/mol. The number of thiazole rings is 1. The molecule has 1 N–H and O–H groups in total. The molecule has 0 bridgehead atoms. The first-order valence-electron chi connectivity index (χ1n) is 8.87. The summed E-state index contributed by atoms with van der Waals surface area (Å²) in [7, 11) is 0. The second kappa shape index (κ2) is 7.92. The summed E-state index contributed by atoms with van der Waals surface area (Å²) in [6.45, 7) is 10.2. The molecule has 0 aliphatic carbocycles. The van der Waals surface area contributed by atoms with Gasteiger partial charge in [0.05, 0.1) is 5.69 Å².